The molecule has 3 rings (SSSR count). The lowest BCUT2D eigenvalue weighted by Crippen LogP contribution is -2.38. The molecule has 6 atom stereocenters. The zero-order valence-electron chi connectivity index (χ0n) is 33.6. The Morgan fingerprint density at radius 1 is 1.11 bits per heavy atom. The fraction of sp³-hybridized carbons (Fsp3) is 0.579. The number of azide groups is 1. The fourth-order valence-electron chi connectivity index (χ4n) is 5.61. The first-order valence-electron chi connectivity index (χ1n) is 18.6. The number of rotatable bonds is 24. The van der Waals surface area contributed by atoms with Gasteiger partial charge >= 0.3 is 11.9 Å². The summed E-state index contributed by atoms with van der Waals surface area (Å²) < 4.78 is 54.8. The van der Waals surface area contributed by atoms with E-state index in [1.165, 1.54) is 7.11 Å². The van der Waals surface area contributed by atoms with E-state index in [1.807, 2.05) is 45.9 Å². The van der Waals surface area contributed by atoms with Gasteiger partial charge in [0.1, 0.15) is 29.3 Å². The summed E-state index contributed by atoms with van der Waals surface area (Å²) in [5.41, 5.74) is 10.0. The molecule has 298 valence electrons. The highest BCUT2D eigenvalue weighted by Gasteiger charge is 2.45. The Kier molecular flexibility index (Phi) is 18.1. The molecule has 13 nitrogen and oxygen atoms in total. The van der Waals surface area contributed by atoms with Crippen molar-refractivity contribution in [2.45, 2.75) is 103 Å². The second-order valence-electron chi connectivity index (χ2n) is 14.7. The highest BCUT2D eigenvalue weighted by molar-refractivity contribution is 8.40. The molecule has 0 bridgehead atoms. The van der Waals surface area contributed by atoms with Crippen molar-refractivity contribution in [3.63, 3.8) is 0 Å². The Morgan fingerprint density at radius 3 is 2.56 bits per heavy atom. The minimum atomic E-state index is -1.48. The van der Waals surface area contributed by atoms with E-state index in [9.17, 15) is 9.59 Å². The van der Waals surface area contributed by atoms with Crippen LogP contribution in [0.4, 0.5) is 0 Å². The topological polar surface area (TPSA) is 157 Å². The van der Waals surface area contributed by atoms with Crippen LogP contribution in [-0.4, -0.2) is 85.2 Å². The van der Waals surface area contributed by atoms with E-state index in [0.717, 1.165) is 17.7 Å². The van der Waals surface area contributed by atoms with E-state index in [4.69, 9.17) is 44.2 Å². The molecular weight excluding hydrogens is 750 g/mol. The van der Waals surface area contributed by atoms with Gasteiger partial charge in [-0.15, -0.1) is 0 Å². The van der Waals surface area contributed by atoms with E-state index in [0.29, 0.717) is 36.1 Å². The molecule has 2 aromatic carbocycles. The number of esters is 2. The smallest absolute Gasteiger partial charge is 0.342 e. The maximum atomic E-state index is 13.7. The lowest BCUT2D eigenvalue weighted by Gasteiger charge is -2.25. The standard InChI is InChI=1S/C38H56N3O10PSSi/c1-26(27(2)51-53-52)17-18-31(48-36(42)28-13-10-9-11-14-28)35-32(49-38(3,4)50-35)16-12-15-29-23-30(45-20-19-40-41-39)24-33(47-25-44-5)34(29)37(43)46-21-22-54(6,7)8/h9-11,13-14,17-18,23-24,26-27,31-32,35H,12,15-16,19-22,25,52H2,1-8H3/b18-17-/t26-,27+,31?,32-,35?/m1/s1/i52T/t26-,27+,31?,32-,35?,52?. The minimum Gasteiger partial charge on any atom is -0.493 e. The fourth-order valence-corrected chi connectivity index (χ4v) is 7.11. The first kappa shape index (κ1) is 43.6. The molecule has 0 N–H and O–H groups in total. The lowest BCUT2D eigenvalue weighted by molar-refractivity contribution is -0.153. The van der Waals surface area contributed by atoms with Crippen LogP contribution in [0.2, 0.25) is 25.7 Å². The number of aryl methyl sites for hydroxylation is 1. The van der Waals surface area contributed by atoms with Gasteiger partial charge in [0, 0.05) is 43.7 Å². The van der Waals surface area contributed by atoms with Gasteiger partial charge < -0.3 is 37.3 Å². The summed E-state index contributed by atoms with van der Waals surface area (Å²) in [5, 5.41) is 3.54. The van der Waals surface area contributed by atoms with Crippen LogP contribution < -0.4 is 9.47 Å². The van der Waals surface area contributed by atoms with Crippen LogP contribution in [0.5, 0.6) is 11.5 Å². The van der Waals surface area contributed by atoms with Crippen LogP contribution in [0.25, 0.3) is 10.4 Å². The first-order chi connectivity index (χ1) is 26.2. The molecule has 0 saturated carbocycles. The van der Waals surface area contributed by atoms with Crippen molar-refractivity contribution in [2.75, 3.05) is 33.7 Å². The largest absolute Gasteiger partial charge is 0.493 e. The summed E-state index contributed by atoms with van der Waals surface area (Å²) >= 11 is 1.10. The molecule has 3 unspecified atom stereocenters. The third kappa shape index (κ3) is 15.2. The third-order valence-electron chi connectivity index (χ3n) is 8.58. The molecule has 1 aliphatic rings. The van der Waals surface area contributed by atoms with Gasteiger partial charge in [-0.3, -0.25) is 0 Å². The van der Waals surface area contributed by atoms with Crippen molar-refractivity contribution in [1.82, 2.24) is 0 Å². The normalized spacial score (nSPS) is 18.9. The SMILES string of the molecule is [3H]PSO[C@@H](C)[C@H](C)/C=C\C(OC(=O)c1ccccc1)C1OC(C)(C)O[C@@H]1CCCc1cc(OCCN=[N+]=[N-])cc(OCOC)c1C(=O)OCC[Si](C)(C)C. The molecule has 16 heteroatoms. The Morgan fingerprint density at radius 2 is 1.87 bits per heavy atom. The molecule has 1 heterocycles. The van der Waals surface area contributed by atoms with Gasteiger partial charge in [-0.05, 0) is 89.8 Å². The maximum absolute atomic E-state index is 13.7. The second-order valence-corrected chi connectivity index (χ2v) is 21.1. The molecule has 1 saturated heterocycles. The molecule has 0 radical (unpaired) electrons. The predicted octanol–water partition coefficient (Wildman–Crippen LogP) is 8.96. The summed E-state index contributed by atoms with van der Waals surface area (Å²) in [6.07, 6.45) is 3.05. The van der Waals surface area contributed by atoms with Gasteiger partial charge in [0.2, 0.25) is 0 Å². The van der Waals surface area contributed by atoms with Gasteiger partial charge in [0.05, 0.1) is 38.8 Å². The zero-order chi connectivity index (χ0) is 40.4. The van der Waals surface area contributed by atoms with Crippen LogP contribution in [-0.2, 0) is 34.3 Å². The Balaban J connectivity index is 1.92. The average molecular weight is 808 g/mol. The van der Waals surface area contributed by atoms with Crippen molar-refractivity contribution in [2.24, 2.45) is 11.0 Å². The summed E-state index contributed by atoms with van der Waals surface area (Å²) in [4.78, 5) is 29.9. The Labute approximate surface area is 328 Å². The van der Waals surface area contributed by atoms with Gasteiger partial charge in [0.15, 0.2) is 12.6 Å². The molecule has 1 fully saturated rings. The number of methoxy groups -OCH3 is 1. The summed E-state index contributed by atoms with van der Waals surface area (Å²) in [6.45, 7) is 14.6. The Hall–Kier alpha value is -3.13. The van der Waals surface area contributed by atoms with Gasteiger partial charge in [0.25, 0.3) is 0 Å². The van der Waals surface area contributed by atoms with Gasteiger partial charge in [-0.1, -0.05) is 56.0 Å². The monoisotopic (exact) mass is 807 g/mol. The lowest BCUT2D eigenvalue weighted by atomic mass is 9.96. The van der Waals surface area contributed by atoms with E-state index in [1.54, 1.807) is 36.4 Å². The van der Waals surface area contributed by atoms with Crippen molar-refractivity contribution in [1.29, 1.82) is 1.28 Å². The number of benzene rings is 2. The summed E-state index contributed by atoms with van der Waals surface area (Å²) in [5.74, 6) is -1.35. The average Bonchev–Trinajstić information content (AvgIpc) is 3.46. The molecule has 54 heavy (non-hydrogen) atoms. The molecule has 1 aliphatic heterocycles. The summed E-state index contributed by atoms with van der Waals surface area (Å²) in [6, 6.07) is 13.0. The molecule has 0 amide bonds. The van der Waals surface area contributed by atoms with Crippen molar-refractivity contribution < 1.29 is 46.9 Å². The highest BCUT2D eigenvalue weighted by Crippen LogP contribution is 2.36. The number of hydrogen-bond acceptors (Lipinski definition) is 12. The van der Waals surface area contributed by atoms with Crippen LogP contribution in [0, 0.1) is 5.92 Å². The number of carbonyl (C=O) groups excluding carboxylic acids is 2. The van der Waals surface area contributed by atoms with Crippen LogP contribution in [0.15, 0.2) is 59.7 Å². The second kappa shape index (κ2) is 22.4. The highest BCUT2D eigenvalue weighted by atomic mass is 32.7. The van der Waals surface area contributed by atoms with Crippen molar-refractivity contribution in [3.8, 4) is 11.5 Å². The zero-order valence-corrected chi connectivity index (χ0v) is 35.4. The van der Waals surface area contributed by atoms with Crippen LogP contribution in [0.1, 0.15) is 66.8 Å². The van der Waals surface area contributed by atoms with Gasteiger partial charge in [-0.25, -0.2) is 9.59 Å². The summed E-state index contributed by atoms with van der Waals surface area (Å²) in [7, 11) is -0.140. The van der Waals surface area contributed by atoms with Crippen molar-refractivity contribution >= 4 is 40.1 Å². The van der Waals surface area contributed by atoms with E-state index in [2.05, 4.69) is 29.7 Å². The van der Waals surface area contributed by atoms with Crippen molar-refractivity contribution in [3.05, 3.63) is 81.7 Å². The molecule has 0 spiro atoms. The number of ether oxygens (including phenoxy) is 7. The molecule has 2 aromatic rings. The first-order valence-corrected chi connectivity index (χ1v) is 23.7. The van der Waals surface area contributed by atoms with Crippen LogP contribution >= 0.6 is 20.0 Å². The number of nitrogens with zero attached hydrogens (tertiary/aromatic N) is 3. The molecule has 0 aromatic heterocycles. The van der Waals surface area contributed by atoms with E-state index >= 15 is 0 Å². The number of carbonyl (C=O) groups is 2. The molecule has 0 aliphatic carbocycles. The number of hydrogen-bond donors (Lipinski definition) is 0. The van der Waals surface area contributed by atoms with Gasteiger partial charge in [-0.2, -0.15) is 0 Å². The molecular formula is C38H56N3O10PSSi. The third-order valence-corrected chi connectivity index (χ3v) is 11.0. The predicted molar refractivity (Wildman–Crippen MR) is 215 cm³/mol. The maximum Gasteiger partial charge on any atom is 0.342 e. The Bertz CT molecular complexity index is 1600. The van der Waals surface area contributed by atoms with E-state index in [-0.39, 0.29) is 58.3 Å². The van der Waals surface area contributed by atoms with E-state index < -0.39 is 44.1 Å². The van der Waals surface area contributed by atoms with Crippen LogP contribution in [0.3, 0.4) is 0 Å². The quantitative estimate of drug-likeness (QED) is 0.00953. The minimum absolute atomic E-state index is 0.0600.